The highest BCUT2D eigenvalue weighted by Gasteiger charge is 2.15. The van der Waals surface area contributed by atoms with E-state index >= 15 is 0 Å². The molecule has 0 spiro atoms. The number of hydrogen-bond acceptors (Lipinski definition) is 5. The zero-order chi connectivity index (χ0) is 19.1. The van der Waals surface area contributed by atoms with Crippen molar-refractivity contribution in [2.24, 2.45) is 0 Å². The number of rotatable bonds is 7. The molecule has 2 rings (SSSR count). The van der Waals surface area contributed by atoms with Crippen LogP contribution in [0.3, 0.4) is 0 Å². The minimum atomic E-state index is -0.435. The number of nitrogens with one attached hydrogen (secondary N) is 1. The maximum absolute atomic E-state index is 12.1. The second-order valence-electron chi connectivity index (χ2n) is 5.58. The largest absolute Gasteiger partial charge is 0.493 e. The molecule has 1 aromatic carbocycles. The van der Waals surface area contributed by atoms with E-state index < -0.39 is 5.56 Å². The number of carbonyl (C=O) groups excluding carboxylic acids is 1. The number of esters is 1. The Hall–Kier alpha value is -2.59. The fourth-order valence-electron chi connectivity index (χ4n) is 2.48. The average Bonchev–Trinajstić information content (AvgIpc) is 2.59. The number of halogens is 1. The average molecular weight is 419 g/mol. The van der Waals surface area contributed by atoms with Gasteiger partial charge in [-0.25, -0.2) is 0 Å². The summed E-state index contributed by atoms with van der Waals surface area (Å²) in [6.45, 7) is 4.19. The van der Waals surface area contributed by atoms with E-state index in [-0.39, 0.29) is 18.0 Å². The lowest BCUT2D eigenvalue weighted by atomic mass is 10.00. The van der Waals surface area contributed by atoms with Crippen LogP contribution in [-0.2, 0) is 9.53 Å². The highest BCUT2D eigenvalue weighted by molar-refractivity contribution is 9.10. The lowest BCUT2D eigenvalue weighted by Gasteiger charge is -2.13. The zero-order valence-electron chi connectivity index (χ0n) is 14.6. The van der Waals surface area contributed by atoms with Crippen molar-refractivity contribution in [3.8, 4) is 22.9 Å². The molecule has 0 saturated heterocycles. The molecule has 26 heavy (non-hydrogen) atoms. The molecule has 0 atom stereocenters. The molecular formula is C19H19BrN2O4. The molecule has 1 aromatic heterocycles. The van der Waals surface area contributed by atoms with Crippen LogP contribution >= 0.6 is 15.9 Å². The molecule has 0 aliphatic carbocycles. The predicted octanol–water partition coefficient (Wildman–Crippen LogP) is 3.71. The van der Waals surface area contributed by atoms with Gasteiger partial charge in [-0.1, -0.05) is 15.9 Å². The second kappa shape index (κ2) is 9.20. The Morgan fingerprint density at radius 2 is 2.08 bits per heavy atom. The van der Waals surface area contributed by atoms with Gasteiger partial charge in [-0.2, -0.15) is 5.26 Å². The number of H-pyrrole nitrogens is 1. The van der Waals surface area contributed by atoms with Gasteiger partial charge in [0.05, 0.1) is 13.2 Å². The van der Waals surface area contributed by atoms with Gasteiger partial charge in [-0.15, -0.1) is 0 Å². The zero-order valence-corrected chi connectivity index (χ0v) is 16.2. The van der Waals surface area contributed by atoms with E-state index in [1.54, 1.807) is 32.0 Å². The molecule has 6 nitrogen and oxygen atoms in total. The number of ether oxygens (including phenoxy) is 2. The Kier molecular flexibility index (Phi) is 6.98. The number of aromatic nitrogens is 1. The second-order valence-corrected chi connectivity index (χ2v) is 6.50. The van der Waals surface area contributed by atoms with E-state index in [4.69, 9.17) is 9.47 Å². The Morgan fingerprint density at radius 1 is 1.31 bits per heavy atom. The van der Waals surface area contributed by atoms with Gasteiger partial charge in [0.1, 0.15) is 17.4 Å². The number of pyridine rings is 1. The normalized spacial score (nSPS) is 10.2. The maximum atomic E-state index is 12.1. The van der Waals surface area contributed by atoms with E-state index in [0.29, 0.717) is 42.2 Å². The molecule has 2 aromatic rings. The van der Waals surface area contributed by atoms with Crippen molar-refractivity contribution in [3.63, 3.8) is 0 Å². The highest BCUT2D eigenvalue weighted by atomic mass is 79.9. The van der Waals surface area contributed by atoms with Gasteiger partial charge < -0.3 is 14.5 Å². The molecule has 0 bridgehead atoms. The third kappa shape index (κ3) is 4.96. The van der Waals surface area contributed by atoms with Crippen LogP contribution in [0.2, 0.25) is 0 Å². The van der Waals surface area contributed by atoms with Crippen LogP contribution in [0, 0.1) is 18.3 Å². The molecule has 0 amide bonds. The van der Waals surface area contributed by atoms with Crippen LogP contribution in [-0.4, -0.2) is 24.2 Å². The molecular weight excluding hydrogens is 400 g/mol. The van der Waals surface area contributed by atoms with Crippen molar-refractivity contribution in [2.45, 2.75) is 26.7 Å². The summed E-state index contributed by atoms with van der Waals surface area (Å²) >= 11 is 3.41. The molecule has 0 radical (unpaired) electrons. The Bertz CT molecular complexity index is 899. The molecule has 0 aliphatic rings. The SMILES string of the molecule is CCOC(=O)CCCOc1ccc(Br)cc1-c1cc(C)[nH]c(=O)c1C#N. The Labute approximate surface area is 159 Å². The van der Waals surface area contributed by atoms with Gasteiger partial charge in [-0.05, 0) is 44.5 Å². The minimum Gasteiger partial charge on any atom is -0.493 e. The van der Waals surface area contributed by atoms with Crippen molar-refractivity contribution in [3.05, 3.63) is 50.3 Å². The van der Waals surface area contributed by atoms with Gasteiger partial charge >= 0.3 is 5.97 Å². The van der Waals surface area contributed by atoms with E-state index in [1.165, 1.54) is 0 Å². The van der Waals surface area contributed by atoms with Crippen molar-refractivity contribution in [1.29, 1.82) is 5.26 Å². The number of nitrogens with zero attached hydrogens (tertiary/aromatic N) is 1. The van der Waals surface area contributed by atoms with E-state index in [0.717, 1.165) is 4.47 Å². The number of hydrogen-bond donors (Lipinski definition) is 1. The number of nitriles is 1. The topological polar surface area (TPSA) is 92.2 Å². The number of benzene rings is 1. The summed E-state index contributed by atoms with van der Waals surface area (Å²) in [6.07, 6.45) is 0.779. The molecule has 1 heterocycles. The van der Waals surface area contributed by atoms with E-state index in [1.807, 2.05) is 12.1 Å². The van der Waals surface area contributed by atoms with Gasteiger partial charge in [0.15, 0.2) is 0 Å². The first-order chi connectivity index (χ1) is 12.5. The van der Waals surface area contributed by atoms with Gasteiger partial charge in [-0.3, -0.25) is 9.59 Å². The van der Waals surface area contributed by atoms with Gasteiger partial charge in [0.2, 0.25) is 0 Å². The summed E-state index contributed by atoms with van der Waals surface area (Å²) in [6, 6.07) is 9.08. The summed E-state index contributed by atoms with van der Waals surface area (Å²) in [5.74, 6) is 0.280. The molecule has 1 N–H and O–H groups in total. The van der Waals surface area contributed by atoms with Crippen molar-refractivity contribution < 1.29 is 14.3 Å². The molecule has 0 fully saturated rings. The quantitative estimate of drug-likeness (QED) is 0.546. The predicted molar refractivity (Wildman–Crippen MR) is 101 cm³/mol. The summed E-state index contributed by atoms with van der Waals surface area (Å²) in [5, 5.41) is 9.36. The maximum Gasteiger partial charge on any atom is 0.305 e. The van der Waals surface area contributed by atoms with Crippen LogP contribution < -0.4 is 10.3 Å². The molecule has 136 valence electrons. The fourth-order valence-corrected chi connectivity index (χ4v) is 2.84. The standard InChI is InChI=1S/C19H19BrN2O4/c1-3-25-18(23)5-4-8-26-17-7-6-13(20)10-15(17)14-9-12(2)22-19(24)16(14)11-21/h6-7,9-10H,3-5,8H2,1-2H3,(H,22,24). The fraction of sp³-hybridized carbons (Fsp3) is 0.316. The molecule has 0 unspecified atom stereocenters. The minimum absolute atomic E-state index is 0.0325. The highest BCUT2D eigenvalue weighted by Crippen LogP contribution is 2.34. The summed E-state index contributed by atoms with van der Waals surface area (Å²) in [4.78, 5) is 26.1. The summed E-state index contributed by atoms with van der Waals surface area (Å²) in [7, 11) is 0. The summed E-state index contributed by atoms with van der Waals surface area (Å²) in [5.41, 5.74) is 1.40. The van der Waals surface area contributed by atoms with E-state index in [9.17, 15) is 14.9 Å². The molecule has 7 heteroatoms. The lowest BCUT2D eigenvalue weighted by Crippen LogP contribution is -2.13. The van der Waals surface area contributed by atoms with Gasteiger partial charge in [0.25, 0.3) is 5.56 Å². The Morgan fingerprint density at radius 3 is 2.77 bits per heavy atom. The number of aryl methyl sites for hydroxylation is 1. The number of carbonyl (C=O) groups is 1. The first-order valence-electron chi connectivity index (χ1n) is 8.18. The van der Waals surface area contributed by atoms with Crippen molar-refractivity contribution in [2.75, 3.05) is 13.2 Å². The smallest absolute Gasteiger partial charge is 0.305 e. The number of aromatic amines is 1. The summed E-state index contributed by atoms with van der Waals surface area (Å²) < 4.78 is 11.5. The third-order valence-corrected chi connectivity index (χ3v) is 4.09. The third-order valence-electron chi connectivity index (χ3n) is 3.60. The van der Waals surface area contributed by atoms with Crippen LogP contribution in [0.15, 0.2) is 33.5 Å². The molecule has 0 aliphatic heterocycles. The van der Waals surface area contributed by atoms with Crippen LogP contribution in [0.25, 0.3) is 11.1 Å². The first-order valence-corrected chi connectivity index (χ1v) is 8.98. The van der Waals surface area contributed by atoms with Crippen LogP contribution in [0.1, 0.15) is 31.0 Å². The van der Waals surface area contributed by atoms with Crippen molar-refractivity contribution >= 4 is 21.9 Å². The van der Waals surface area contributed by atoms with Crippen LogP contribution in [0.5, 0.6) is 5.75 Å². The monoisotopic (exact) mass is 418 g/mol. The Balaban J connectivity index is 2.28. The van der Waals surface area contributed by atoms with E-state index in [2.05, 4.69) is 20.9 Å². The first kappa shape index (κ1) is 19.7. The molecule has 0 saturated carbocycles. The lowest BCUT2D eigenvalue weighted by molar-refractivity contribution is -0.143. The van der Waals surface area contributed by atoms with Crippen LogP contribution in [0.4, 0.5) is 0 Å². The van der Waals surface area contributed by atoms with Crippen molar-refractivity contribution in [1.82, 2.24) is 4.98 Å². The van der Waals surface area contributed by atoms with Gasteiger partial charge in [0, 0.05) is 27.7 Å².